The van der Waals surface area contributed by atoms with E-state index >= 15 is 0 Å². The molecule has 0 aromatic heterocycles. The van der Waals surface area contributed by atoms with Crippen LogP contribution in [0.4, 0.5) is 0 Å². The minimum Gasteiger partial charge on any atom is -0.492 e. The van der Waals surface area contributed by atoms with E-state index in [1.54, 1.807) is 12.1 Å². The van der Waals surface area contributed by atoms with Crippen LogP contribution in [0, 0.1) is 0 Å². The number of fused-ring (bicyclic) bond motifs is 2. The molecular weight excluding hydrogens is 410 g/mol. The maximum absolute atomic E-state index is 12.0. The van der Waals surface area contributed by atoms with Gasteiger partial charge in [0.1, 0.15) is 29.5 Å². The van der Waals surface area contributed by atoms with Gasteiger partial charge in [-0.1, -0.05) is 55.8 Å². The van der Waals surface area contributed by atoms with Gasteiger partial charge in [-0.25, -0.2) is 0 Å². The Balaban J connectivity index is 1.66. The van der Waals surface area contributed by atoms with Crippen LogP contribution in [0.15, 0.2) is 66.7 Å². The van der Waals surface area contributed by atoms with Crippen molar-refractivity contribution in [2.45, 2.75) is 25.9 Å². The number of benzene rings is 3. The van der Waals surface area contributed by atoms with Crippen LogP contribution >= 0.6 is 11.6 Å². The highest BCUT2D eigenvalue weighted by Crippen LogP contribution is 2.49. The zero-order valence-electron chi connectivity index (χ0n) is 18.0. The largest absolute Gasteiger partial charge is 0.492 e. The summed E-state index contributed by atoms with van der Waals surface area (Å²) < 4.78 is 12.1. The Hall–Kier alpha value is -2.53. The fourth-order valence-corrected chi connectivity index (χ4v) is 4.28. The molecule has 0 saturated carbocycles. The summed E-state index contributed by atoms with van der Waals surface area (Å²) in [5.74, 6) is 1.94. The number of hydrogen-bond donors (Lipinski definition) is 1. The predicted octanol–water partition coefficient (Wildman–Crippen LogP) is 5.64. The molecule has 1 aliphatic heterocycles. The van der Waals surface area contributed by atoms with Crippen molar-refractivity contribution in [3.05, 3.63) is 88.4 Å². The lowest BCUT2D eigenvalue weighted by molar-refractivity contribution is 0.0698. The van der Waals surface area contributed by atoms with Gasteiger partial charge in [-0.2, -0.15) is 0 Å². The standard InChI is InChI=1S/C26H28ClNO3/c1-3-28(4-2)14-15-30-21-11-12-22-25(17-21)31-24-13-10-20(27)16-23(24)26(22,29)18-19-8-6-5-7-9-19/h5-13,16-17,29H,3-4,14-15,18H2,1-2H3. The van der Waals surface area contributed by atoms with E-state index in [2.05, 4.69) is 18.7 Å². The molecule has 4 nitrogen and oxygen atoms in total. The summed E-state index contributed by atoms with van der Waals surface area (Å²) in [7, 11) is 0. The molecule has 5 heteroatoms. The number of nitrogens with zero attached hydrogens (tertiary/aromatic N) is 1. The molecule has 3 aromatic carbocycles. The Morgan fingerprint density at radius 3 is 2.45 bits per heavy atom. The van der Waals surface area contributed by atoms with Gasteiger partial charge in [0.25, 0.3) is 0 Å². The quantitative estimate of drug-likeness (QED) is 0.494. The first-order chi connectivity index (χ1) is 15.0. The lowest BCUT2D eigenvalue weighted by Crippen LogP contribution is -2.33. The zero-order chi connectivity index (χ0) is 21.8. The Bertz CT molecular complexity index is 1040. The van der Waals surface area contributed by atoms with Crippen LogP contribution in [0.2, 0.25) is 5.02 Å². The Morgan fingerprint density at radius 1 is 0.935 bits per heavy atom. The van der Waals surface area contributed by atoms with Crippen LogP contribution in [-0.4, -0.2) is 36.2 Å². The van der Waals surface area contributed by atoms with E-state index in [-0.39, 0.29) is 0 Å². The van der Waals surface area contributed by atoms with Crippen LogP contribution in [0.5, 0.6) is 17.2 Å². The van der Waals surface area contributed by atoms with Gasteiger partial charge in [0.2, 0.25) is 0 Å². The normalized spacial score (nSPS) is 17.1. The van der Waals surface area contributed by atoms with E-state index in [1.165, 1.54) is 0 Å². The lowest BCUT2D eigenvalue weighted by atomic mass is 9.79. The highest BCUT2D eigenvalue weighted by Gasteiger charge is 2.41. The summed E-state index contributed by atoms with van der Waals surface area (Å²) in [6.07, 6.45) is 0.416. The Labute approximate surface area is 189 Å². The molecule has 4 rings (SSSR count). The summed E-state index contributed by atoms with van der Waals surface area (Å²) in [6.45, 7) is 7.75. The molecule has 1 N–H and O–H groups in total. The molecular formula is C26H28ClNO3. The molecule has 0 saturated heterocycles. The molecule has 0 radical (unpaired) electrons. The zero-order valence-corrected chi connectivity index (χ0v) is 18.7. The second-order valence-corrected chi connectivity index (χ2v) is 8.23. The van der Waals surface area contributed by atoms with E-state index in [1.807, 2.05) is 54.6 Å². The van der Waals surface area contributed by atoms with Crippen molar-refractivity contribution < 1.29 is 14.6 Å². The molecule has 1 unspecified atom stereocenters. The molecule has 3 aromatic rings. The van der Waals surface area contributed by atoms with Crippen molar-refractivity contribution in [1.29, 1.82) is 0 Å². The summed E-state index contributed by atoms with van der Waals surface area (Å²) in [5, 5.41) is 12.5. The molecule has 162 valence electrons. The van der Waals surface area contributed by atoms with Gasteiger partial charge in [-0.3, -0.25) is 0 Å². The number of ether oxygens (including phenoxy) is 2. The summed E-state index contributed by atoms with van der Waals surface area (Å²) >= 11 is 6.28. The predicted molar refractivity (Wildman–Crippen MR) is 124 cm³/mol. The summed E-state index contributed by atoms with van der Waals surface area (Å²) in [4.78, 5) is 2.31. The topological polar surface area (TPSA) is 41.9 Å². The monoisotopic (exact) mass is 437 g/mol. The molecule has 1 atom stereocenters. The van der Waals surface area contributed by atoms with E-state index in [0.29, 0.717) is 40.7 Å². The second-order valence-electron chi connectivity index (χ2n) is 7.80. The van der Waals surface area contributed by atoms with Gasteiger partial charge in [0.05, 0.1) is 0 Å². The van der Waals surface area contributed by atoms with E-state index in [0.717, 1.165) is 30.9 Å². The number of aliphatic hydroxyl groups is 1. The second kappa shape index (κ2) is 9.31. The molecule has 31 heavy (non-hydrogen) atoms. The van der Waals surface area contributed by atoms with E-state index in [4.69, 9.17) is 21.1 Å². The van der Waals surface area contributed by atoms with Crippen LogP contribution in [0.1, 0.15) is 30.5 Å². The summed E-state index contributed by atoms with van der Waals surface area (Å²) in [6, 6.07) is 21.0. The molecule has 1 aliphatic rings. The molecule has 1 heterocycles. The SMILES string of the molecule is CCN(CC)CCOc1ccc2c(c1)Oc1ccc(Cl)cc1C2(O)Cc1ccccc1. The van der Waals surface area contributed by atoms with Crippen LogP contribution in [0.3, 0.4) is 0 Å². The minimum atomic E-state index is -1.26. The lowest BCUT2D eigenvalue weighted by Gasteiger charge is -2.36. The minimum absolute atomic E-state index is 0.416. The maximum Gasteiger partial charge on any atom is 0.137 e. The van der Waals surface area contributed by atoms with Gasteiger partial charge in [0, 0.05) is 35.2 Å². The van der Waals surface area contributed by atoms with E-state index < -0.39 is 5.60 Å². The molecule has 0 spiro atoms. The molecule has 0 bridgehead atoms. The first-order valence-corrected chi connectivity index (χ1v) is 11.1. The Morgan fingerprint density at radius 2 is 1.71 bits per heavy atom. The fourth-order valence-electron chi connectivity index (χ4n) is 4.11. The van der Waals surface area contributed by atoms with E-state index in [9.17, 15) is 5.11 Å². The average Bonchev–Trinajstić information content (AvgIpc) is 2.78. The van der Waals surface area contributed by atoms with Crippen molar-refractivity contribution in [2.75, 3.05) is 26.2 Å². The van der Waals surface area contributed by atoms with Gasteiger partial charge >= 0.3 is 0 Å². The smallest absolute Gasteiger partial charge is 0.137 e. The van der Waals surface area contributed by atoms with Crippen molar-refractivity contribution >= 4 is 11.6 Å². The first kappa shape index (κ1) is 21.7. The fraction of sp³-hybridized carbons (Fsp3) is 0.308. The third kappa shape index (κ3) is 4.57. The third-order valence-electron chi connectivity index (χ3n) is 5.88. The van der Waals surface area contributed by atoms with Gasteiger partial charge in [-0.15, -0.1) is 0 Å². The van der Waals surface area contributed by atoms with Crippen LogP contribution < -0.4 is 9.47 Å². The first-order valence-electron chi connectivity index (χ1n) is 10.8. The average molecular weight is 438 g/mol. The van der Waals surface area contributed by atoms with Crippen LogP contribution in [0.25, 0.3) is 0 Å². The highest BCUT2D eigenvalue weighted by molar-refractivity contribution is 6.30. The number of rotatable bonds is 8. The van der Waals surface area contributed by atoms with Gasteiger partial charge in [-0.05, 0) is 49.0 Å². The summed E-state index contributed by atoms with van der Waals surface area (Å²) in [5.41, 5.74) is 1.16. The maximum atomic E-state index is 12.0. The third-order valence-corrected chi connectivity index (χ3v) is 6.11. The van der Waals surface area contributed by atoms with Crippen molar-refractivity contribution in [1.82, 2.24) is 4.90 Å². The van der Waals surface area contributed by atoms with Crippen molar-refractivity contribution in [2.24, 2.45) is 0 Å². The highest BCUT2D eigenvalue weighted by atomic mass is 35.5. The molecule has 0 fully saturated rings. The number of likely N-dealkylation sites (N-methyl/N-ethyl adjacent to an activating group) is 1. The van der Waals surface area contributed by atoms with Gasteiger partial charge < -0.3 is 19.5 Å². The molecule has 0 aliphatic carbocycles. The van der Waals surface area contributed by atoms with Crippen molar-refractivity contribution in [3.8, 4) is 17.2 Å². The van der Waals surface area contributed by atoms with Crippen molar-refractivity contribution in [3.63, 3.8) is 0 Å². The van der Waals surface area contributed by atoms with Gasteiger partial charge in [0.15, 0.2) is 0 Å². The number of halogens is 1. The number of hydrogen-bond acceptors (Lipinski definition) is 4. The molecule has 0 amide bonds. The van der Waals surface area contributed by atoms with Crippen LogP contribution in [-0.2, 0) is 12.0 Å². The Kier molecular flexibility index (Phi) is 6.51.